The third-order valence-corrected chi connectivity index (χ3v) is 3.68. The van der Waals surface area contributed by atoms with Crippen molar-refractivity contribution in [3.63, 3.8) is 0 Å². The first-order chi connectivity index (χ1) is 8.26. The Morgan fingerprint density at radius 3 is 2.65 bits per heavy atom. The summed E-state index contributed by atoms with van der Waals surface area (Å²) in [6.45, 7) is 0. The second kappa shape index (κ2) is 5.41. The summed E-state index contributed by atoms with van der Waals surface area (Å²) in [5.41, 5.74) is 7.32. The van der Waals surface area contributed by atoms with Gasteiger partial charge in [-0.2, -0.15) is 0 Å². The van der Waals surface area contributed by atoms with Gasteiger partial charge in [-0.05, 0) is 36.8 Å². The Bertz CT molecular complexity index is 378. The second-order valence-corrected chi connectivity index (χ2v) is 4.71. The van der Waals surface area contributed by atoms with Crippen molar-refractivity contribution >= 4 is 0 Å². The van der Waals surface area contributed by atoms with Gasteiger partial charge in [-0.15, -0.1) is 0 Å². The minimum atomic E-state index is 0.339. The van der Waals surface area contributed by atoms with Gasteiger partial charge >= 0.3 is 0 Å². The van der Waals surface area contributed by atoms with Crippen molar-refractivity contribution < 1.29 is 9.47 Å². The fraction of sp³-hybridized carbons (Fsp3) is 0.571. The van der Waals surface area contributed by atoms with Crippen LogP contribution in [0.2, 0.25) is 0 Å². The largest absolute Gasteiger partial charge is 0.493 e. The Morgan fingerprint density at radius 1 is 1.24 bits per heavy atom. The highest BCUT2D eigenvalue weighted by atomic mass is 16.5. The lowest BCUT2D eigenvalue weighted by Crippen LogP contribution is -2.26. The minimum Gasteiger partial charge on any atom is -0.493 e. The van der Waals surface area contributed by atoms with Crippen LogP contribution < -0.4 is 15.2 Å². The van der Waals surface area contributed by atoms with E-state index in [1.807, 2.05) is 12.1 Å². The van der Waals surface area contributed by atoms with Crippen molar-refractivity contribution in [1.29, 1.82) is 0 Å². The van der Waals surface area contributed by atoms with Crippen molar-refractivity contribution in [1.82, 2.24) is 0 Å². The first kappa shape index (κ1) is 12.2. The summed E-state index contributed by atoms with van der Waals surface area (Å²) < 4.78 is 10.8. The number of hydrogen-bond acceptors (Lipinski definition) is 3. The van der Waals surface area contributed by atoms with E-state index < -0.39 is 0 Å². The molecule has 0 saturated heterocycles. The van der Waals surface area contributed by atoms with Crippen LogP contribution in [0, 0.1) is 5.92 Å². The average molecular weight is 235 g/mol. The second-order valence-electron chi connectivity index (χ2n) is 4.71. The molecular weight excluding hydrogens is 214 g/mol. The van der Waals surface area contributed by atoms with E-state index in [-0.39, 0.29) is 0 Å². The minimum absolute atomic E-state index is 0.339. The molecule has 2 atom stereocenters. The van der Waals surface area contributed by atoms with Gasteiger partial charge in [-0.3, -0.25) is 0 Å². The summed E-state index contributed by atoms with van der Waals surface area (Å²) in [4.78, 5) is 0. The van der Waals surface area contributed by atoms with E-state index in [1.54, 1.807) is 14.2 Å². The molecule has 1 aliphatic carbocycles. The Labute approximate surface area is 103 Å². The topological polar surface area (TPSA) is 44.5 Å². The Balaban J connectivity index is 2.19. The lowest BCUT2D eigenvalue weighted by Gasteiger charge is -2.18. The van der Waals surface area contributed by atoms with Crippen LogP contribution in [-0.2, 0) is 6.42 Å². The molecule has 0 amide bonds. The maximum absolute atomic E-state index is 6.12. The predicted octanol–water partition coefficient (Wildman–Crippen LogP) is 2.37. The van der Waals surface area contributed by atoms with Crippen molar-refractivity contribution in [3.05, 3.63) is 23.8 Å². The normalized spacial score (nSPS) is 23.7. The van der Waals surface area contributed by atoms with Crippen molar-refractivity contribution in [3.8, 4) is 11.5 Å². The molecule has 1 saturated carbocycles. The van der Waals surface area contributed by atoms with E-state index in [0.717, 1.165) is 24.3 Å². The molecule has 17 heavy (non-hydrogen) atoms. The fourth-order valence-corrected chi connectivity index (χ4v) is 2.72. The van der Waals surface area contributed by atoms with Gasteiger partial charge in [-0.25, -0.2) is 0 Å². The molecule has 1 aromatic carbocycles. The quantitative estimate of drug-likeness (QED) is 0.871. The van der Waals surface area contributed by atoms with Gasteiger partial charge in [0, 0.05) is 6.04 Å². The molecule has 94 valence electrons. The molecule has 1 fully saturated rings. The number of hydrogen-bond donors (Lipinski definition) is 1. The van der Waals surface area contributed by atoms with Crippen molar-refractivity contribution in [2.45, 2.75) is 31.7 Å². The Morgan fingerprint density at radius 2 is 2.06 bits per heavy atom. The standard InChI is InChI=1S/C14H21NO2/c1-16-13-8-4-6-11(14(13)17-2)9-10-5-3-7-12(10)15/h4,6,8,10,12H,3,5,7,9,15H2,1-2H3. The Kier molecular flexibility index (Phi) is 3.89. The zero-order valence-electron chi connectivity index (χ0n) is 10.6. The average Bonchev–Trinajstić information content (AvgIpc) is 2.74. The first-order valence-electron chi connectivity index (χ1n) is 6.21. The highest BCUT2D eigenvalue weighted by molar-refractivity contribution is 5.46. The SMILES string of the molecule is COc1cccc(CC2CCCC2N)c1OC. The molecule has 3 nitrogen and oxygen atoms in total. The van der Waals surface area contributed by atoms with Crippen molar-refractivity contribution in [2.75, 3.05) is 14.2 Å². The molecule has 1 aromatic rings. The van der Waals surface area contributed by atoms with E-state index in [2.05, 4.69) is 6.07 Å². The van der Waals surface area contributed by atoms with Gasteiger partial charge in [0.05, 0.1) is 14.2 Å². The first-order valence-corrected chi connectivity index (χ1v) is 6.21. The van der Waals surface area contributed by atoms with E-state index in [9.17, 15) is 0 Å². The van der Waals surface area contributed by atoms with Crippen LogP contribution in [-0.4, -0.2) is 20.3 Å². The molecule has 0 bridgehead atoms. The molecule has 2 unspecified atom stereocenters. The lowest BCUT2D eigenvalue weighted by atomic mass is 9.94. The molecule has 1 aliphatic rings. The fourth-order valence-electron chi connectivity index (χ4n) is 2.72. The number of ether oxygens (including phenoxy) is 2. The van der Waals surface area contributed by atoms with Crippen LogP contribution in [0.5, 0.6) is 11.5 Å². The number of benzene rings is 1. The van der Waals surface area contributed by atoms with Gasteiger partial charge in [0.1, 0.15) is 0 Å². The zero-order chi connectivity index (χ0) is 12.3. The van der Waals surface area contributed by atoms with E-state index in [4.69, 9.17) is 15.2 Å². The van der Waals surface area contributed by atoms with E-state index >= 15 is 0 Å². The van der Waals surface area contributed by atoms with Crippen LogP contribution in [0.3, 0.4) is 0 Å². The summed E-state index contributed by atoms with van der Waals surface area (Å²) in [5.74, 6) is 2.24. The summed E-state index contributed by atoms with van der Waals surface area (Å²) in [7, 11) is 3.36. The summed E-state index contributed by atoms with van der Waals surface area (Å²) in [6.07, 6.45) is 4.61. The number of rotatable bonds is 4. The maximum Gasteiger partial charge on any atom is 0.163 e. The molecule has 3 heteroatoms. The third kappa shape index (κ3) is 2.55. The maximum atomic E-state index is 6.12. The van der Waals surface area contributed by atoms with Crippen LogP contribution in [0.1, 0.15) is 24.8 Å². The smallest absolute Gasteiger partial charge is 0.163 e. The highest BCUT2D eigenvalue weighted by Crippen LogP contribution is 2.35. The predicted molar refractivity (Wildman–Crippen MR) is 68.6 cm³/mol. The van der Waals surface area contributed by atoms with Gasteiger partial charge in [0.25, 0.3) is 0 Å². The number of methoxy groups -OCH3 is 2. The van der Waals surface area contributed by atoms with Crippen LogP contribution >= 0.6 is 0 Å². The van der Waals surface area contributed by atoms with Crippen LogP contribution in [0.25, 0.3) is 0 Å². The molecule has 2 rings (SSSR count). The summed E-state index contributed by atoms with van der Waals surface area (Å²) in [5, 5.41) is 0. The van der Waals surface area contributed by atoms with Gasteiger partial charge in [0.15, 0.2) is 11.5 Å². The number of para-hydroxylation sites is 1. The molecule has 0 aliphatic heterocycles. The highest BCUT2D eigenvalue weighted by Gasteiger charge is 2.25. The number of nitrogens with two attached hydrogens (primary N) is 1. The third-order valence-electron chi connectivity index (χ3n) is 3.68. The molecule has 0 radical (unpaired) electrons. The van der Waals surface area contributed by atoms with Crippen LogP contribution in [0.15, 0.2) is 18.2 Å². The van der Waals surface area contributed by atoms with Gasteiger partial charge < -0.3 is 15.2 Å². The summed E-state index contributed by atoms with van der Waals surface area (Å²) >= 11 is 0. The van der Waals surface area contributed by atoms with E-state index in [1.165, 1.54) is 18.4 Å². The van der Waals surface area contributed by atoms with Crippen LogP contribution in [0.4, 0.5) is 0 Å². The molecule has 2 N–H and O–H groups in total. The zero-order valence-corrected chi connectivity index (χ0v) is 10.6. The van der Waals surface area contributed by atoms with E-state index in [0.29, 0.717) is 12.0 Å². The molecule has 0 spiro atoms. The summed E-state index contributed by atoms with van der Waals surface area (Å²) in [6, 6.07) is 6.38. The lowest BCUT2D eigenvalue weighted by molar-refractivity contribution is 0.348. The van der Waals surface area contributed by atoms with Gasteiger partial charge in [-0.1, -0.05) is 18.6 Å². The molecular formula is C14H21NO2. The Hall–Kier alpha value is -1.22. The monoisotopic (exact) mass is 235 g/mol. The van der Waals surface area contributed by atoms with Crippen molar-refractivity contribution in [2.24, 2.45) is 11.7 Å². The molecule has 0 aromatic heterocycles. The van der Waals surface area contributed by atoms with Gasteiger partial charge in [0.2, 0.25) is 0 Å². The molecule has 0 heterocycles.